The average molecular weight is 678 g/mol. The summed E-state index contributed by atoms with van der Waals surface area (Å²) in [7, 11) is 1.97. The van der Waals surface area contributed by atoms with Gasteiger partial charge in [-0.3, -0.25) is 9.59 Å². The van der Waals surface area contributed by atoms with E-state index in [2.05, 4.69) is 47.6 Å². The van der Waals surface area contributed by atoms with Crippen molar-refractivity contribution in [2.75, 3.05) is 11.9 Å². The number of fused-ring (bicyclic) bond motifs is 1. The molecule has 13 heteroatoms. The van der Waals surface area contributed by atoms with E-state index in [9.17, 15) is 14.4 Å². The number of ether oxygens (including phenoxy) is 1. The molecule has 1 aliphatic rings. The van der Waals surface area contributed by atoms with E-state index in [1.165, 1.54) is 0 Å². The summed E-state index contributed by atoms with van der Waals surface area (Å²) in [6.07, 6.45) is 4.62. The highest BCUT2D eigenvalue weighted by atomic mass is 16.6. The predicted molar refractivity (Wildman–Crippen MR) is 190 cm³/mol. The van der Waals surface area contributed by atoms with Crippen LogP contribution in [-0.2, 0) is 27.8 Å². The number of nitrogens with one attached hydrogen (secondary N) is 4. The Bertz CT molecular complexity index is 1920. The predicted octanol–water partition coefficient (Wildman–Crippen LogP) is 5.42. The highest BCUT2D eigenvalue weighted by Crippen LogP contribution is 2.29. The molecule has 0 saturated heterocycles. The molecule has 2 heterocycles. The second-order valence-electron chi connectivity index (χ2n) is 13.9. The van der Waals surface area contributed by atoms with Crippen LogP contribution >= 0.6 is 0 Å². The minimum absolute atomic E-state index is 0.141. The highest BCUT2D eigenvalue weighted by molar-refractivity contribution is 5.97. The molecule has 50 heavy (non-hydrogen) atoms. The van der Waals surface area contributed by atoms with Crippen molar-refractivity contribution in [2.45, 2.75) is 64.5 Å². The summed E-state index contributed by atoms with van der Waals surface area (Å²) < 4.78 is 7.34. The highest BCUT2D eigenvalue weighted by Gasteiger charge is 2.30. The summed E-state index contributed by atoms with van der Waals surface area (Å²) in [5, 5.41) is 22.9. The van der Waals surface area contributed by atoms with E-state index in [1.807, 2.05) is 68.8 Å². The number of amides is 3. The molecule has 1 unspecified atom stereocenters. The maximum absolute atomic E-state index is 13.7. The van der Waals surface area contributed by atoms with Gasteiger partial charge in [-0.05, 0) is 111 Å². The van der Waals surface area contributed by atoms with Gasteiger partial charge in [0.2, 0.25) is 17.6 Å². The van der Waals surface area contributed by atoms with E-state index in [1.54, 1.807) is 30.6 Å². The van der Waals surface area contributed by atoms with Crippen LogP contribution in [0.1, 0.15) is 52.0 Å². The van der Waals surface area contributed by atoms with Crippen molar-refractivity contribution in [2.24, 2.45) is 18.9 Å². The Labute approximate surface area is 290 Å². The number of aromatic amines is 1. The fourth-order valence-electron chi connectivity index (χ4n) is 6.26. The average Bonchev–Trinajstić information content (AvgIpc) is 3.77. The number of nitrogens with zero attached hydrogens (tertiary/aromatic N) is 5. The number of hydrogen-bond donors (Lipinski definition) is 4. The lowest BCUT2D eigenvalue weighted by atomic mass is 9.81. The van der Waals surface area contributed by atoms with Crippen molar-refractivity contribution in [1.29, 1.82) is 0 Å². The number of carbonyl (C=O) groups excluding carboxylic acids is 3. The molecule has 3 aromatic carbocycles. The first-order valence-electron chi connectivity index (χ1n) is 16.9. The number of anilines is 1. The van der Waals surface area contributed by atoms with Gasteiger partial charge in [-0.15, -0.1) is 10.2 Å². The second-order valence-corrected chi connectivity index (χ2v) is 13.9. The molecule has 5 aromatic rings. The third kappa shape index (κ3) is 8.70. The van der Waals surface area contributed by atoms with Crippen molar-refractivity contribution in [3.63, 3.8) is 0 Å². The molecule has 0 aliphatic heterocycles. The monoisotopic (exact) mass is 677 g/mol. The Morgan fingerprint density at radius 3 is 2.32 bits per heavy atom. The first-order valence-corrected chi connectivity index (χ1v) is 16.9. The van der Waals surface area contributed by atoms with Crippen LogP contribution in [0, 0.1) is 11.8 Å². The molecule has 0 bridgehead atoms. The first-order chi connectivity index (χ1) is 24.0. The maximum Gasteiger partial charge on any atom is 0.407 e. The lowest BCUT2D eigenvalue weighted by Crippen LogP contribution is -2.48. The van der Waals surface area contributed by atoms with Crippen LogP contribution in [-0.4, -0.2) is 66.3 Å². The third-order valence-corrected chi connectivity index (χ3v) is 8.99. The number of aryl methyl sites for hydroxylation is 1. The van der Waals surface area contributed by atoms with Gasteiger partial charge < -0.3 is 25.3 Å². The summed E-state index contributed by atoms with van der Waals surface area (Å²) in [4.78, 5) is 43.9. The van der Waals surface area contributed by atoms with Crippen LogP contribution < -0.4 is 16.0 Å². The van der Waals surface area contributed by atoms with Crippen LogP contribution in [0.15, 0.2) is 73.1 Å². The molecule has 4 N–H and O–H groups in total. The van der Waals surface area contributed by atoms with Crippen molar-refractivity contribution in [3.05, 3.63) is 78.6 Å². The Kier molecular flexibility index (Phi) is 10.2. The van der Waals surface area contributed by atoms with Gasteiger partial charge in [-0.2, -0.15) is 5.21 Å². The lowest BCUT2D eigenvalue weighted by Gasteiger charge is -2.29. The molecular formula is C37H43N9O4. The van der Waals surface area contributed by atoms with Gasteiger partial charge >= 0.3 is 6.09 Å². The molecule has 1 fully saturated rings. The van der Waals surface area contributed by atoms with Gasteiger partial charge in [-0.1, -0.05) is 30.3 Å². The SMILES string of the molecule is Cn1cnc2ccc(-c3ccc(CC(NC(=O)C4CCC(CNC(=O)OC(C)(C)C)CC4)C(=O)Nc4ccc(-c5nn[nH]n5)cc4)cc3)cc21. The Balaban J connectivity index is 1.11. The Hall–Kier alpha value is -5.59. The van der Waals surface area contributed by atoms with E-state index in [0.717, 1.165) is 46.1 Å². The Morgan fingerprint density at radius 1 is 0.940 bits per heavy atom. The Morgan fingerprint density at radius 2 is 1.64 bits per heavy atom. The smallest absolute Gasteiger partial charge is 0.407 e. The molecule has 1 saturated carbocycles. The van der Waals surface area contributed by atoms with Gasteiger partial charge in [0.05, 0.1) is 17.4 Å². The fraction of sp³-hybridized carbons (Fsp3) is 0.378. The van der Waals surface area contributed by atoms with Gasteiger partial charge in [0, 0.05) is 37.2 Å². The molecular weight excluding hydrogens is 634 g/mol. The number of rotatable bonds is 10. The summed E-state index contributed by atoms with van der Waals surface area (Å²) in [6.45, 7) is 6.00. The van der Waals surface area contributed by atoms with Crippen LogP contribution in [0.3, 0.4) is 0 Å². The number of carbonyl (C=O) groups is 3. The van der Waals surface area contributed by atoms with E-state index < -0.39 is 17.7 Å². The number of imidazole rings is 1. The lowest BCUT2D eigenvalue weighted by molar-refractivity contribution is -0.130. The number of H-pyrrole nitrogens is 1. The molecule has 1 aliphatic carbocycles. The standard InChI is InChI=1S/C37H43N9O4/c1-37(2,3)50-36(49)38-21-24-7-11-27(12-8-24)34(47)41-31(35(48)40-29-16-13-26(14-17-29)33-42-44-45-43-33)19-23-5-9-25(10-6-23)28-15-18-30-32(20-28)46(4)22-39-30/h5-6,9-10,13-18,20,22,24,27,31H,7-8,11-12,19,21H2,1-4H3,(H,38,49)(H,40,48)(H,41,47)(H,42,43,44,45). The normalized spacial score (nSPS) is 16.8. The van der Waals surface area contributed by atoms with E-state index in [4.69, 9.17) is 4.74 Å². The summed E-state index contributed by atoms with van der Waals surface area (Å²) >= 11 is 0. The minimum atomic E-state index is -0.803. The van der Waals surface area contributed by atoms with Crippen LogP contribution in [0.4, 0.5) is 10.5 Å². The largest absolute Gasteiger partial charge is 0.444 e. The van der Waals surface area contributed by atoms with E-state index in [-0.39, 0.29) is 23.7 Å². The molecule has 0 radical (unpaired) electrons. The summed E-state index contributed by atoms with van der Waals surface area (Å²) in [5.41, 5.74) is 5.79. The van der Waals surface area contributed by atoms with Crippen molar-refractivity contribution < 1.29 is 19.1 Å². The van der Waals surface area contributed by atoms with Crippen LogP contribution in [0.2, 0.25) is 0 Å². The summed E-state index contributed by atoms with van der Waals surface area (Å²) in [5.74, 6) is 0.0377. The molecule has 3 amide bonds. The maximum atomic E-state index is 13.7. The van der Waals surface area contributed by atoms with E-state index in [0.29, 0.717) is 37.3 Å². The molecule has 6 rings (SSSR count). The topological polar surface area (TPSA) is 169 Å². The zero-order valence-electron chi connectivity index (χ0n) is 28.8. The van der Waals surface area contributed by atoms with Crippen LogP contribution in [0.5, 0.6) is 0 Å². The summed E-state index contributed by atoms with van der Waals surface area (Å²) in [6, 6.07) is 20.6. The van der Waals surface area contributed by atoms with E-state index >= 15 is 0 Å². The van der Waals surface area contributed by atoms with Crippen LogP contribution in [0.25, 0.3) is 33.5 Å². The van der Waals surface area contributed by atoms with Gasteiger partial charge in [-0.25, -0.2) is 9.78 Å². The molecule has 2 aromatic heterocycles. The zero-order valence-corrected chi connectivity index (χ0v) is 28.8. The molecule has 1 atom stereocenters. The minimum Gasteiger partial charge on any atom is -0.444 e. The first kappa shape index (κ1) is 34.3. The zero-order chi connectivity index (χ0) is 35.3. The fourth-order valence-corrected chi connectivity index (χ4v) is 6.26. The number of aromatic nitrogens is 6. The molecule has 0 spiro atoms. The quantitative estimate of drug-likeness (QED) is 0.152. The second kappa shape index (κ2) is 14.9. The van der Waals surface area contributed by atoms with Crippen molar-refractivity contribution >= 4 is 34.6 Å². The van der Waals surface area contributed by atoms with Crippen molar-refractivity contribution in [3.8, 4) is 22.5 Å². The molecule has 260 valence electrons. The number of tetrazole rings is 1. The van der Waals surface area contributed by atoms with Crippen molar-refractivity contribution in [1.82, 2.24) is 40.8 Å². The number of benzene rings is 3. The third-order valence-electron chi connectivity index (χ3n) is 8.99. The molecule has 13 nitrogen and oxygen atoms in total. The van der Waals surface area contributed by atoms with Gasteiger partial charge in [0.25, 0.3) is 0 Å². The van der Waals surface area contributed by atoms with Gasteiger partial charge in [0.1, 0.15) is 11.6 Å². The number of alkyl carbamates (subject to hydrolysis) is 1. The van der Waals surface area contributed by atoms with Gasteiger partial charge in [0.15, 0.2) is 0 Å². The number of hydrogen-bond acceptors (Lipinski definition) is 8.